The molecule has 1 aromatic heterocycles. The normalized spacial score (nSPS) is 19.8. The van der Waals surface area contributed by atoms with Crippen LogP contribution in [-0.2, 0) is 22.9 Å². The summed E-state index contributed by atoms with van der Waals surface area (Å²) in [5.41, 5.74) is 3.37. The standard InChI is InChI=1S/C25H32N4O4S/c30-24(21-16-23(26-17-21)25(31)28-9-3-4-10-28)18-27-11-13-29(14-12-27)34(32,33)22-8-7-19-5-1-2-6-20(19)15-22/h7-8,15-17,26H,1-6,9-14,18H2. The third-order valence-electron chi connectivity index (χ3n) is 7.28. The number of nitrogens with zero attached hydrogens (tertiary/aromatic N) is 3. The number of Topliss-reactive ketones (excluding diaryl/α,β-unsaturated/α-hetero) is 1. The monoisotopic (exact) mass is 484 g/mol. The molecule has 5 rings (SSSR count). The highest BCUT2D eigenvalue weighted by atomic mass is 32.2. The Morgan fingerprint density at radius 2 is 1.56 bits per heavy atom. The summed E-state index contributed by atoms with van der Waals surface area (Å²) in [6, 6.07) is 7.20. The average Bonchev–Trinajstić information content (AvgIpc) is 3.56. The lowest BCUT2D eigenvalue weighted by atomic mass is 9.92. The fraction of sp³-hybridized carbons (Fsp3) is 0.520. The largest absolute Gasteiger partial charge is 0.356 e. The van der Waals surface area contributed by atoms with E-state index in [1.54, 1.807) is 18.3 Å². The maximum atomic E-state index is 13.2. The van der Waals surface area contributed by atoms with Gasteiger partial charge >= 0.3 is 0 Å². The molecule has 2 saturated heterocycles. The second-order valence-corrected chi connectivity index (χ2v) is 11.5. The first-order valence-electron chi connectivity index (χ1n) is 12.3. The molecule has 34 heavy (non-hydrogen) atoms. The van der Waals surface area contributed by atoms with Crippen LogP contribution in [0.15, 0.2) is 35.4 Å². The minimum absolute atomic E-state index is 0.0578. The van der Waals surface area contributed by atoms with Gasteiger partial charge in [-0.1, -0.05) is 6.07 Å². The van der Waals surface area contributed by atoms with Crippen molar-refractivity contribution >= 4 is 21.7 Å². The summed E-state index contributed by atoms with van der Waals surface area (Å²) in [4.78, 5) is 32.4. The van der Waals surface area contributed by atoms with Gasteiger partial charge in [0.25, 0.3) is 5.91 Å². The molecule has 1 N–H and O–H groups in total. The lowest BCUT2D eigenvalue weighted by Gasteiger charge is -2.33. The molecule has 8 nitrogen and oxygen atoms in total. The van der Waals surface area contributed by atoms with E-state index in [1.807, 2.05) is 21.9 Å². The first kappa shape index (κ1) is 23.3. The molecule has 0 spiro atoms. The van der Waals surface area contributed by atoms with Crippen molar-refractivity contribution in [2.24, 2.45) is 0 Å². The van der Waals surface area contributed by atoms with Crippen LogP contribution in [0.3, 0.4) is 0 Å². The van der Waals surface area contributed by atoms with Crippen LogP contribution in [-0.4, -0.2) is 85.0 Å². The lowest BCUT2D eigenvalue weighted by Crippen LogP contribution is -2.49. The van der Waals surface area contributed by atoms with Crippen molar-refractivity contribution in [3.63, 3.8) is 0 Å². The number of benzene rings is 1. The Morgan fingerprint density at radius 1 is 0.853 bits per heavy atom. The average molecular weight is 485 g/mol. The quantitative estimate of drug-likeness (QED) is 0.635. The number of piperazine rings is 1. The smallest absolute Gasteiger partial charge is 0.270 e. The van der Waals surface area contributed by atoms with Gasteiger partial charge in [-0.2, -0.15) is 4.31 Å². The zero-order chi connectivity index (χ0) is 23.7. The van der Waals surface area contributed by atoms with Gasteiger partial charge in [0, 0.05) is 51.0 Å². The predicted molar refractivity (Wildman–Crippen MR) is 129 cm³/mol. The molecule has 0 unspecified atom stereocenters. The maximum Gasteiger partial charge on any atom is 0.270 e. The van der Waals surface area contributed by atoms with Crippen molar-refractivity contribution in [1.82, 2.24) is 19.1 Å². The summed E-state index contributed by atoms with van der Waals surface area (Å²) in [6.07, 6.45) is 7.88. The number of hydrogen-bond acceptors (Lipinski definition) is 5. The lowest BCUT2D eigenvalue weighted by molar-refractivity contribution is 0.0787. The van der Waals surface area contributed by atoms with Gasteiger partial charge in [0.15, 0.2) is 5.78 Å². The molecular formula is C25H32N4O4S. The highest BCUT2D eigenvalue weighted by Crippen LogP contribution is 2.26. The molecule has 0 radical (unpaired) electrons. The van der Waals surface area contributed by atoms with E-state index in [2.05, 4.69) is 4.98 Å². The van der Waals surface area contributed by atoms with Gasteiger partial charge in [0.2, 0.25) is 10.0 Å². The number of carbonyl (C=O) groups is 2. The molecule has 0 atom stereocenters. The molecule has 2 fully saturated rings. The van der Waals surface area contributed by atoms with E-state index in [9.17, 15) is 18.0 Å². The number of nitrogens with one attached hydrogen (secondary N) is 1. The maximum absolute atomic E-state index is 13.2. The number of fused-ring (bicyclic) bond motifs is 1. The number of aromatic nitrogens is 1. The molecule has 3 heterocycles. The molecule has 1 aliphatic carbocycles. The van der Waals surface area contributed by atoms with Gasteiger partial charge in [-0.3, -0.25) is 14.5 Å². The van der Waals surface area contributed by atoms with Gasteiger partial charge in [-0.25, -0.2) is 8.42 Å². The van der Waals surface area contributed by atoms with E-state index >= 15 is 0 Å². The van der Waals surface area contributed by atoms with Crippen LogP contribution in [0.4, 0.5) is 0 Å². The number of likely N-dealkylation sites (tertiary alicyclic amines) is 1. The van der Waals surface area contributed by atoms with Crippen LogP contribution < -0.4 is 0 Å². The van der Waals surface area contributed by atoms with Crippen LogP contribution in [0, 0.1) is 0 Å². The summed E-state index contributed by atoms with van der Waals surface area (Å²) >= 11 is 0. The van der Waals surface area contributed by atoms with Gasteiger partial charge in [-0.05, 0) is 67.9 Å². The highest BCUT2D eigenvalue weighted by molar-refractivity contribution is 7.89. The van der Waals surface area contributed by atoms with Crippen molar-refractivity contribution in [1.29, 1.82) is 0 Å². The second kappa shape index (κ2) is 9.64. The van der Waals surface area contributed by atoms with E-state index in [1.165, 1.54) is 16.3 Å². The summed E-state index contributed by atoms with van der Waals surface area (Å²) < 4.78 is 27.9. The van der Waals surface area contributed by atoms with Crippen LogP contribution >= 0.6 is 0 Å². The summed E-state index contributed by atoms with van der Waals surface area (Å²) in [5, 5.41) is 0. The number of amides is 1. The van der Waals surface area contributed by atoms with Crippen LogP contribution in [0.5, 0.6) is 0 Å². The third kappa shape index (κ3) is 4.69. The van der Waals surface area contributed by atoms with Crippen LogP contribution in [0.25, 0.3) is 0 Å². The van der Waals surface area contributed by atoms with Gasteiger partial charge in [0.1, 0.15) is 5.69 Å². The second-order valence-electron chi connectivity index (χ2n) is 9.54. The minimum atomic E-state index is -3.54. The first-order chi connectivity index (χ1) is 16.4. The van der Waals surface area contributed by atoms with Gasteiger partial charge in [-0.15, -0.1) is 0 Å². The summed E-state index contributed by atoms with van der Waals surface area (Å²) in [7, 11) is -3.54. The van der Waals surface area contributed by atoms with Crippen molar-refractivity contribution in [2.45, 2.75) is 43.4 Å². The van der Waals surface area contributed by atoms with E-state index in [0.29, 0.717) is 42.3 Å². The number of rotatable bonds is 6. The Balaban J connectivity index is 1.17. The molecular weight excluding hydrogens is 452 g/mol. The number of aromatic amines is 1. The molecule has 0 saturated carbocycles. The Kier molecular flexibility index (Phi) is 6.59. The third-order valence-corrected chi connectivity index (χ3v) is 9.18. The molecule has 182 valence electrons. The van der Waals surface area contributed by atoms with Gasteiger partial charge in [0.05, 0.1) is 11.4 Å². The number of sulfonamides is 1. The van der Waals surface area contributed by atoms with E-state index in [0.717, 1.165) is 50.8 Å². The molecule has 1 amide bonds. The summed E-state index contributed by atoms with van der Waals surface area (Å²) in [5.74, 6) is -0.125. The van der Waals surface area contributed by atoms with Crippen LogP contribution in [0.2, 0.25) is 0 Å². The molecule has 9 heteroatoms. The molecule has 2 aliphatic heterocycles. The van der Waals surface area contributed by atoms with Gasteiger partial charge < -0.3 is 9.88 Å². The van der Waals surface area contributed by atoms with Crippen molar-refractivity contribution < 1.29 is 18.0 Å². The molecule has 0 bridgehead atoms. The fourth-order valence-corrected chi connectivity index (χ4v) is 6.68. The number of aryl methyl sites for hydroxylation is 2. The summed E-state index contributed by atoms with van der Waals surface area (Å²) in [6.45, 7) is 3.46. The molecule has 2 aromatic rings. The first-order valence-corrected chi connectivity index (χ1v) is 13.7. The Morgan fingerprint density at radius 3 is 2.29 bits per heavy atom. The van der Waals surface area contributed by atoms with Crippen molar-refractivity contribution in [3.05, 3.63) is 52.8 Å². The Labute approximate surface area is 201 Å². The van der Waals surface area contributed by atoms with Crippen LogP contribution in [0.1, 0.15) is 57.7 Å². The Hall–Kier alpha value is -2.49. The Bertz CT molecular complexity index is 1180. The SMILES string of the molecule is O=C(CN1CCN(S(=O)(=O)c2ccc3c(c2)CCCC3)CC1)c1c[nH]c(C(=O)N2CCCC2)c1. The topological polar surface area (TPSA) is 93.8 Å². The minimum Gasteiger partial charge on any atom is -0.356 e. The number of H-pyrrole nitrogens is 1. The number of carbonyl (C=O) groups excluding carboxylic acids is 2. The van der Waals surface area contributed by atoms with E-state index in [4.69, 9.17) is 0 Å². The van der Waals surface area contributed by atoms with Crippen molar-refractivity contribution in [2.75, 3.05) is 45.8 Å². The molecule has 1 aromatic carbocycles. The van der Waals surface area contributed by atoms with E-state index < -0.39 is 10.0 Å². The zero-order valence-corrected chi connectivity index (χ0v) is 20.3. The number of hydrogen-bond donors (Lipinski definition) is 1. The van der Waals surface area contributed by atoms with E-state index in [-0.39, 0.29) is 18.2 Å². The highest BCUT2D eigenvalue weighted by Gasteiger charge is 2.30. The van der Waals surface area contributed by atoms with Crippen molar-refractivity contribution in [3.8, 4) is 0 Å². The molecule has 3 aliphatic rings. The fourth-order valence-electron chi connectivity index (χ4n) is 5.21. The predicted octanol–water partition coefficient (Wildman–Crippen LogP) is 2.32. The number of ketones is 1. The zero-order valence-electron chi connectivity index (χ0n) is 19.5.